The topological polar surface area (TPSA) is 21.6 Å². The summed E-state index contributed by atoms with van der Waals surface area (Å²) in [5.41, 5.74) is 3.47. The number of benzene rings is 2. The number of hydrogen-bond acceptors (Lipinski definition) is 2. The Hall–Kier alpha value is -1.87. The van der Waals surface area contributed by atoms with Crippen LogP contribution >= 0.6 is 11.6 Å². The number of oxime groups is 1. The lowest BCUT2D eigenvalue weighted by molar-refractivity contribution is 0.160. The second kappa shape index (κ2) is 6.53. The van der Waals surface area contributed by atoms with Crippen LogP contribution < -0.4 is 0 Å². The second-order valence-electron chi connectivity index (χ2n) is 4.35. The van der Waals surface area contributed by atoms with E-state index >= 15 is 0 Å². The average molecular weight is 292 g/mol. The molecule has 0 amide bonds. The van der Waals surface area contributed by atoms with E-state index < -0.39 is 0 Å². The molecule has 0 spiro atoms. The van der Waals surface area contributed by atoms with Crippen LogP contribution in [0.5, 0.6) is 0 Å². The molecule has 0 aliphatic heterocycles. The van der Waals surface area contributed by atoms with E-state index in [0.717, 1.165) is 22.3 Å². The third-order valence-corrected chi connectivity index (χ3v) is 3.23. The third-order valence-electron chi connectivity index (χ3n) is 2.91. The Labute approximate surface area is 122 Å². The van der Waals surface area contributed by atoms with Gasteiger partial charge in [0, 0.05) is 5.56 Å². The summed E-state index contributed by atoms with van der Waals surface area (Å²) in [6.45, 7) is 4.30. The van der Waals surface area contributed by atoms with Crippen LogP contribution in [-0.2, 0) is 4.84 Å². The third kappa shape index (κ3) is 3.36. The predicted molar refractivity (Wildman–Crippen MR) is 80.8 cm³/mol. The number of rotatable bonds is 4. The van der Waals surface area contributed by atoms with Crippen molar-refractivity contribution < 1.29 is 9.23 Å². The fourth-order valence-electron chi connectivity index (χ4n) is 1.87. The Kier molecular flexibility index (Phi) is 4.74. The van der Waals surface area contributed by atoms with Crippen molar-refractivity contribution in [2.45, 2.75) is 13.8 Å². The Morgan fingerprint density at radius 2 is 2.05 bits per heavy atom. The van der Waals surface area contributed by atoms with Crippen molar-refractivity contribution in [1.82, 2.24) is 0 Å². The van der Waals surface area contributed by atoms with Crippen molar-refractivity contribution in [3.63, 3.8) is 0 Å². The molecular formula is C16H15ClFNO. The molecule has 0 heterocycles. The maximum absolute atomic E-state index is 13.3. The van der Waals surface area contributed by atoms with Gasteiger partial charge in [0.1, 0.15) is 12.4 Å². The molecule has 2 aromatic rings. The van der Waals surface area contributed by atoms with Crippen LogP contribution in [0.4, 0.5) is 4.39 Å². The summed E-state index contributed by atoms with van der Waals surface area (Å²) in [7, 11) is 0. The SMILES string of the molecule is CCO/N=C/c1ccc(-c2cc(F)ccc2C)cc1Cl. The molecule has 0 aromatic heterocycles. The van der Waals surface area contributed by atoms with Gasteiger partial charge in [-0.15, -0.1) is 0 Å². The Bertz CT molecular complexity index is 640. The Morgan fingerprint density at radius 1 is 1.25 bits per heavy atom. The highest BCUT2D eigenvalue weighted by atomic mass is 35.5. The first-order valence-electron chi connectivity index (χ1n) is 6.33. The molecule has 0 aliphatic carbocycles. The lowest BCUT2D eigenvalue weighted by atomic mass is 9.99. The molecule has 2 nitrogen and oxygen atoms in total. The van der Waals surface area contributed by atoms with Gasteiger partial charge in [0.25, 0.3) is 0 Å². The van der Waals surface area contributed by atoms with Gasteiger partial charge in [0.15, 0.2) is 0 Å². The first-order chi connectivity index (χ1) is 9.61. The minimum absolute atomic E-state index is 0.260. The van der Waals surface area contributed by atoms with E-state index in [9.17, 15) is 4.39 Å². The lowest BCUT2D eigenvalue weighted by Crippen LogP contribution is -1.89. The van der Waals surface area contributed by atoms with E-state index in [1.54, 1.807) is 18.3 Å². The molecule has 4 heteroatoms. The second-order valence-corrected chi connectivity index (χ2v) is 4.76. The summed E-state index contributed by atoms with van der Waals surface area (Å²) in [6, 6.07) is 10.2. The van der Waals surface area contributed by atoms with Crippen LogP contribution in [0.3, 0.4) is 0 Å². The smallest absolute Gasteiger partial charge is 0.123 e. The summed E-state index contributed by atoms with van der Waals surface area (Å²) in [5.74, 6) is -0.260. The molecule has 20 heavy (non-hydrogen) atoms. The highest BCUT2D eigenvalue weighted by Crippen LogP contribution is 2.28. The van der Waals surface area contributed by atoms with Crippen LogP contribution in [0.25, 0.3) is 11.1 Å². The van der Waals surface area contributed by atoms with Gasteiger partial charge in [-0.05, 0) is 48.7 Å². The van der Waals surface area contributed by atoms with Gasteiger partial charge in [-0.2, -0.15) is 0 Å². The first kappa shape index (κ1) is 14.5. The van der Waals surface area contributed by atoms with Crippen molar-refractivity contribution in [2.24, 2.45) is 5.16 Å². The van der Waals surface area contributed by atoms with Gasteiger partial charge >= 0.3 is 0 Å². The Morgan fingerprint density at radius 3 is 2.75 bits per heavy atom. The van der Waals surface area contributed by atoms with E-state index in [-0.39, 0.29) is 5.82 Å². The zero-order valence-electron chi connectivity index (χ0n) is 11.4. The van der Waals surface area contributed by atoms with E-state index in [1.165, 1.54) is 12.1 Å². The fourth-order valence-corrected chi connectivity index (χ4v) is 2.10. The van der Waals surface area contributed by atoms with E-state index in [4.69, 9.17) is 16.4 Å². The molecule has 0 radical (unpaired) electrons. The monoisotopic (exact) mass is 291 g/mol. The molecule has 104 valence electrons. The van der Waals surface area contributed by atoms with Crippen molar-refractivity contribution in [2.75, 3.05) is 6.61 Å². The van der Waals surface area contributed by atoms with Gasteiger partial charge in [0.2, 0.25) is 0 Å². The van der Waals surface area contributed by atoms with Crippen molar-refractivity contribution in [1.29, 1.82) is 0 Å². The number of halogens is 2. The fraction of sp³-hybridized carbons (Fsp3) is 0.188. The van der Waals surface area contributed by atoms with Crippen LogP contribution in [0, 0.1) is 12.7 Å². The number of nitrogens with zero attached hydrogens (tertiary/aromatic N) is 1. The largest absolute Gasteiger partial charge is 0.396 e. The number of hydrogen-bond donors (Lipinski definition) is 0. The number of aryl methyl sites for hydroxylation is 1. The summed E-state index contributed by atoms with van der Waals surface area (Å²) in [5, 5.41) is 4.34. The molecule has 0 unspecified atom stereocenters. The normalized spacial score (nSPS) is 11.0. The summed E-state index contributed by atoms with van der Waals surface area (Å²) >= 11 is 6.21. The van der Waals surface area contributed by atoms with Crippen molar-refractivity contribution in [3.8, 4) is 11.1 Å². The maximum Gasteiger partial charge on any atom is 0.123 e. The standard InChI is InChI=1S/C16H15ClFNO/c1-3-20-19-10-13-6-5-12(8-16(13)17)15-9-14(18)7-4-11(15)2/h4-10H,3H2,1-2H3/b19-10+. The molecule has 2 rings (SSSR count). The van der Waals surface area contributed by atoms with Gasteiger partial charge in [-0.1, -0.05) is 35.0 Å². The minimum atomic E-state index is -0.260. The molecule has 0 bridgehead atoms. The average Bonchev–Trinajstić information content (AvgIpc) is 2.43. The zero-order valence-corrected chi connectivity index (χ0v) is 12.1. The highest BCUT2D eigenvalue weighted by Gasteiger charge is 2.06. The molecule has 0 N–H and O–H groups in total. The molecule has 2 aromatic carbocycles. The molecule has 0 saturated heterocycles. The summed E-state index contributed by atoms with van der Waals surface area (Å²) in [4.78, 5) is 4.90. The van der Waals surface area contributed by atoms with Crippen molar-refractivity contribution in [3.05, 3.63) is 58.4 Å². The first-order valence-corrected chi connectivity index (χ1v) is 6.71. The lowest BCUT2D eigenvalue weighted by Gasteiger charge is -2.08. The quantitative estimate of drug-likeness (QED) is 0.584. The van der Waals surface area contributed by atoms with Gasteiger partial charge in [-0.25, -0.2) is 4.39 Å². The van der Waals surface area contributed by atoms with E-state index in [0.29, 0.717) is 11.6 Å². The molecule has 0 atom stereocenters. The van der Waals surface area contributed by atoms with E-state index in [1.807, 2.05) is 26.0 Å². The predicted octanol–water partition coefficient (Wildman–Crippen LogP) is 4.82. The minimum Gasteiger partial charge on any atom is -0.396 e. The summed E-state index contributed by atoms with van der Waals surface area (Å²) in [6.07, 6.45) is 1.56. The van der Waals surface area contributed by atoms with Crippen LogP contribution in [0.2, 0.25) is 5.02 Å². The van der Waals surface area contributed by atoms with E-state index in [2.05, 4.69) is 5.16 Å². The van der Waals surface area contributed by atoms with Gasteiger partial charge in [0.05, 0.1) is 11.2 Å². The van der Waals surface area contributed by atoms with Crippen LogP contribution in [-0.4, -0.2) is 12.8 Å². The molecule has 0 aliphatic rings. The summed E-state index contributed by atoms with van der Waals surface area (Å²) < 4.78 is 13.3. The highest BCUT2D eigenvalue weighted by molar-refractivity contribution is 6.33. The van der Waals surface area contributed by atoms with Crippen LogP contribution in [0.1, 0.15) is 18.1 Å². The van der Waals surface area contributed by atoms with Gasteiger partial charge in [-0.3, -0.25) is 0 Å². The van der Waals surface area contributed by atoms with Gasteiger partial charge < -0.3 is 4.84 Å². The molecule has 0 fully saturated rings. The zero-order chi connectivity index (χ0) is 14.5. The van der Waals surface area contributed by atoms with Crippen LogP contribution in [0.15, 0.2) is 41.6 Å². The molecular weight excluding hydrogens is 277 g/mol. The van der Waals surface area contributed by atoms with Crippen molar-refractivity contribution >= 4 is 17.8 Å². The Balaban J connectivity index is 2.35. The molecule has 0 saturated carbocycles. The maximum atomic E-state index is 13.3.